The van der Waals surface area contributed by atoms with Crippen LogP contribution in [0.15, 0.2) is 72.8 Å². The molecule has 0 saturated carbocycles. The van der Waals surface area contributed by atoms with Gasteiger partial charge in [0.2, 0.25) is 0 Å². The minimum atomic E-state index is -0.0117. The zero-order valence-electron chi connectivity index (χ0n) is 18.0. The highest BCUT2D eigenvalue weighted by Crippen LogP contribution is 2.37. The number of ketones is 1. The van der Waals surface area contributed by atoms with E-state index in [-0.39, 0.29) is 17.7 Å². The van der Waals surface area contributed by atoms with E-state index < -0.39 is 0 Å². The average Bonchev–Trinajstić information content (AvgIpc) is 2.78. The van der Waals surface area contributed by atoms with Gasteiger partial charge in [0.1, 0.15) is 5.75 Å². The predicted molar refractivity (Wildman–Crippen MR) is 121 cm³/mol. The number of benzene rings is 3. The van der Waals surface area contributed by atoms with Gasteiger partial charge < -0.3 is 4.74 Å². The third-order valence-corrected chi connectivity index (χ3v) is 5.97. The SMILES string of the molecule is COc1cccc(C2c3ccccc3CCN2Cc2ccccc2C(=O)C(C)C)c1. The third-order valence-electron chi connectivity index (χ3n) is 5.97. The number of carbonyl (C=O) groups is 1. The summed E-state index contributed by atoms with van der Waals surface area (Å²) >= 11 is 0. The molecule has 0 N–H and O–H groups in total. The summed E-state index contributed by atoms with van der Waals surface area (Å²) in [4.78, 5) is 15.3. The van der Waals surface area contributed by atoms with Crippen LogP contribution < -0.4 is 4.74 Å². The molecule has 0 aromatic heterocycles. The summed E-state index contributed by atoms with van der Waals surface area (Å²) in [6.07, 6.45) is 1.01. The van der Waals surface area contributed by atoms with Crippen molar-refractivity contribution < 1.29 is 9.53 Å². The Balaban J connectivity index is 1.75. The summed E-state index contributed by atoms with van der Waals surface area (Å²) in [5.74, 6) is 1.06. The van der Waals surface area contributed by atoms with Crippen LogP contribution >= 0.6 is 0 Å². The van der Waals surface area contributed by atoms with Gasteiger partial charge >= 0.3 is 0 Å². The number of Topliss-reactive ketones (excluding diaryl/α,β-unsaturated/α-hetero) is 1. The Morgan fingerprint density at radius 3 is 2.60 bits per heavy atom. The second kappa shape index (κ2) is 8.85. The highest BCUT2D eigenvalue weighted by molar-refractivity contribution is 5.98. The number of carbonyl (C=O) groups excluding carboxylic acids is 1. The lowest BCUT2D eigenvalue weighted by Crippen LogP contribution is -2.36. The van der Waals surface area contributed by atoms with E-state index in [2.05, 4.69) is 53.4 Å². The Morgan fingerprint density at radius 1 is 1.03 bits per heavy atom. The highest BCUT2D eigenvalue weighted by Gasteiger charge is 2.29. The van der Waals surface area contributed by atoms with Gasteiger partial charge in [-0.15, -0.1) is 0 Å². The van der Waals surface area contributed by atoms with Crippen molar-refractivity contribution in [1.82, 2.24) is 4.90 Å². The number of hydrogen-bond donors (Lipinski definition) is 0. The molecule has 3 aromatic carbocycles. The van der Waals surface area contributed by atoms with Gasteiger partial charge in [-0.3, -0.25) is 9.69 Å². The van der Waals surface area contributed by atoms with Crippen molar-refractivity contribution in [2.75, 3.05) is 13.7 Å². The predicted octanol–water partition coefficient (Wildman–Crippen LogP) is 5.68. The topological polar surface area (TPSA) is 29.5 Å². The molecule has 0 aliphatic carbocycles. The fraction of sp³-hybridized carbons (Fsp3) is 0.296. The van der Waals surface area contributed by atoms with Gasteiger partial charge in [-0.25, -0.2) is 0 Å². The van der Waals surface area contributed by atoms with Crippen LogP contribution in [0.2, 0.25) is 0 Å². The van der Waals surface area contributed by atoms with Crippen molar-refractivity contribution in [2.24, 2.45) is 5.92 Å². The Kier molecular flexibility index (Phi) is 6.01. The lowest BCUT2D eigenvalue weighted by Gasteiger charge is -2.38. The van der Waals surface area contributed by atoms with Gasteiger partial charge in [-0.2, -0.15) is 0 Å². The third kappa shape index (κ3) is 4.03. The second-order valence-corrected chi connectivity index (χ2v) is 8.27. The van der Waals surface area contributed by atoms with Crippen LogP contribution in [0.1, 0.15) is 52.5 Å². The van der Waals surface area contributed by atoms with Crippen molar-refractivity contribution in [1.29, 1.82) is 0 Å². The van der Waals surface area contributed by atoms with E-state index in [9.17, 15) is 4.79 Å². The zero-order chi connectivity index (χ0) is 21.1. The summed E-state index contributed by atoms with van der Waals surface area (Å²) < 4.78 is 5.50. The van der Waals surface area contributed by atoms with Gasteiger partial charge in [0.15, 0.2) is 5.78 Å². The molecule has 0 fully saturated rings. The molecular weight excluding hydrogens is 370 g/mol. The normalized spacial score (nSPS) is 16.3. The Bertz CT molecular complexity index is 1040. The van der Waals surface area contributed by atoms with Crippen LogP contribution in [0.4, 0.5) is 0 Å². The molecule has 4 rings (SSSR count). The Morgan fingerprint density at radius 2 is 1.80 bits per heavy atom. The maximum Gasteiger partial charge on any atom is 0.165 e. The van der Waals surface area contributed by atoms with E-state index in [4.69, 9.17) is 4.74 Å². The Labute approximate surface area is 179 Å². The van der Waals surface area contributed by atoms with Gasteiger partial charge in [-0.1, -0.05) is 74.5 Å². The molecule has 0 amide bonds. The molecule has 154 valence electrons. The molecule has 0 spiro atoms. The Hall–Kier alpha value is -2.91. The van der Waals surface area contributed by atoms with Crippen LogP contribution in [-0.4, -0.2) is 24.3 Å². The first kappa shape index (κ1) is 20.4. The van der Waals surface area contributed by atoms with Crippen molar-refractivity contribution in [3.63, 3.8) is 0 Å². The largest absolute Gasteiger partial charge is 0.497 e. The van der Waals surface area contributed by atoms with Gasteiger partial charge in [0.05, 0.1) is 13.2 Å². The fourth-order valence-electron chi connectivity index (χ4n) is 4.42. The minimum Gasteiger partial charge on any atom is -0.497 e. The molecule has 0 bridgehead atoms. The van der Waals surface area contributed by atoms with Gasteiger partial charge in [0.25, 0.3) is 0 Å². The minimum absolute atomic E-state index is 0.0117. The number of methoxy groups -OCH3 is 1. The fourth-order valence-corrected chi connectivity index (χ4v) is 4.42. The maximum absolute atomic E-state index is 12.8. The molecule has 1 unspecified atom stereocenters. The van der Waals surface area contributed by atoms with Crippen molar-refractivity contribution in [2.45, 2.75) is 32.9 Å². The van der Waals surface area contributed by atoms with Crippen molar-refractivity contribution >= 4 is 5.78 Å². The van der Waals surface area contributed by atoms with E-state index in [1.807, 2.05) is 38.1 Å². The molecule has 0 saturated heterocycles. The standard InChI is InChI=1S/C27H29NO2/c1-19(2)27(29)25-14-7-5-10-22(25)18-28-16-15-20-9-4-6-13-24(20)26(28)21-11-8-12-23(17-21)30-3/h4-14,17,19,26H,15-16,18H2,1-3H3. The number of fused-ring (bicyclic) bond motifs is 1. The number of nitrogens with zero attached hydrogens (tertiary/aromatic N) is 1. The molecule has 1 aliphatic heterocycles. The molecular formula is C27H29NO2. The number of hydrogen-bond acceptors (Lipinski definition) is 3. The zero-order valence-corrected chi connectivity index (χ0v) is 18.0. The summed E-state index contributed by atoms with van der Waals surface area (Å²) in [7, 11) is 1.71. The summed E-state index contributed by atoms with van der Waals surface area (Å²) in [6, 6.07) is 25.2. The van der Waals surface area contributed by atoms with E-state index in [0.717, 1.165) is 36.4 Å². The van der Waals surface area contributed by atoms with Crippen LogP contribution in [0.3, 0.4) is 0 Å². The number of ether oxygens (including phenoxy) is 1. The van der Waals surface area contributed by atoms with E-state index in [0.29, 0.717) is 0 Å². The molecule has 1 aliphatic rings. The first-order chi connectivity index (χ1) is 14.6. The number of rotatable bonds is 6. The molecule has 0 radical (unpaired) electrons. The van der Waals surface area contributed by atoms with E-state index in [1.165, 1.54) is 16.7 Å². The second-order valence-electron chi connectivity index (χ2n) is 8.27. The smallest absolute Gasteiger partial charge is 0.165 e. The summed E-state index contributed by atoms with van der Waals surface area (Å²) in [6.45, 7) is 5.62. The molecule has 1 heterocycles. The average molecular weight is 400 g/mol. The molecule has 3 aromatic rings. The van der Waals surface area contributed by atoms with E-state index >= 15 is 0 Å². The first-order valence-corrected chi connectivity index (χ1v) is 10.7. The van der Waals surface area contributed by atoms with Gasteiger partial charge in [-0.05, 0) is 40.8 Å². The quantitative estimate of drug-likeness (QED) is 0.499. The van der Waals surface area contributed by atoms with Crippen LogP contribution in [0.5, 0.6) is 5.75 Å². The first-order valence-electron chi connectivity index (χ1n) is 10.7. The van der Waals surface area contributed by atoms with E-state index in [1.54, 1.807) is 7.11 Å². The van der Waals surface area contributed by atoms with Crippen molar-refractivity contribution in [3.8, 4) is 5.75 Å². The van der Waals surface area contributed by atoms with Crippen LogP contribution in [0.25, 0.3) is 0 Å². The van der Waals surface area contributed by atoms with Gasteiger partial charge in [0, 0.05) is 24.6 Å². The lowest BCUT2D eigenvalue weighted by molar-refractivity contribution is 0.0936. The molecule has 1 atom stereocenters. The highest BCUT2D eigenvalue weighted by atomic mass is 16.5. The molecule has 3 heteroatoms. The maximum atomic E-state index is 12.8. The summed E-state index contributed by atoms with van der Waals surface area (Å²) in [5.41, 5.74) is 5.89. The molecule has 3 nitrogen and oxygen atoms in total. The molecule has 30 heavy (non-hydrogen) atoms. The van der Waals surface area contributed by atoms with Crippen molar-refractivity contribution in [3.05, 3.63) is 101 Å². The monoisotopic (exact) mass is 399 g/mol. The van der Waals surface area contributed by atoms with Crippen LogP contribution in [-0.2, 0) is 13.0 Å². The van der Waals surface area contributed by atoms with Crippen LogP contribution in [0, 0.1) is 5.92 Å². The summed E-state index contributed by atoms with van der Waals surface area (Å²) in [5, 5.41) is 0. The lowest BCUT2D eigenvalue weighted by atomic mass is 9.87.